The van der Waals surface area contributed by atoms with Gasteiger partial charge < -0.3 is 10.0 Å². The minimum atomic E-state index is -3.42. The Kier molecular flexibility index (Phi) is 4.38. The molecule has 1 aliphatic rings. The highest BCUT2D eigenvalue weighted by Crippen LogP contribution is 2.20. The second-order valence-electron chi connectivity index (χ2n) is 4.93. The molecule has 6 nitrogen and oxygen atoms in total. The predicted molar refractivity (Wildman–Crippen MR) is 80.0 cm³/mol. The first kappa shape index (κ1) is 16.0. The lowest BCUT2D eigenvalue weighted by molar-refractivity contribution is -0.141. The molecule has 0 radical (unpaired) electrons. The van der Waals surface area contributed by atoms with E-state index >= 15 is 0 Å². The zero-order valence-electron chi connectivity index (χ0n) is 11.2. The molecule has 114 valence electrons. The molecule has 1 saturated heterocycles. The van der Waals surface area contributed by atoms with Crippen LogP contribution in [0.4, 0.5) is 0 Å². The average Bonchev–Trinajstić information content (AvgIpc) is 2.40. The van der Waals surface area contributed by atoms with Crippen LogP contribution in [0.2, 0.25) is 0 Å². The Bertz CT molecular complexity index is 701. The Morgan fingerprint density at radius 2 is 2.05 bits per heavy atom. The van der Waals surface area contributed by atoms with Gasteiger partial charge in [0.1, 0.15) is 6.04 Å². The summed E-state index contributed by atoms with van der Waals surface area (Å²) in [5.74, 6) is -2.52. The summed E-state index contributed by atoms with van der Waals surface area (Å²) < 4.78 is 24.0. The number of carboxylic acid groups (broad SMARTS) is 1. The molecule has 1 fully saturated rings. The number of hydrogen-bond donors (Lipinski definition) is 1. The maximum absolute atomic E-state index is 12.4. The summed E-state index contributed by atoms with van der Waals surface area (Å²) in [5, 5.41) is 9.17. The maximum Gasteiger partial charge on any atom is 0.327 e. The third kappa shape index (κ3) is 3.44. The third-order valence-electron chi connectivity index (χ3n) is 3.38. The van der Waals surface area contributed by atoms with Gasteiger partial charge in [0.15, 0.2) is 9.84 Å². The van der Waals surface area contributed by atoms with E-state index < -0.39 is 33.5 Å². The van der Waals surface area contributed by atoms with Crippen LogP contribution in [0.3, 0.4) is 0 Å². The summed E-state index contributed by atoms with van der Waals surface area (Å²) in [6.07, 6.45) is 0. The molecule has 1 N–H and O–H groups in total. The Hall–Kier alpha value is -1.41. The molecule has 1 unspecified atom stereocenters. The number of sulfone groups is 1. The van der Waals surface area contributed by atoms with Gasteiger partial charge in [-0.2, -0.15) is 0 Å². The lowest BCUT2D eigenvalue weighted by Crippen LogP contribution is -2.54. The summed E-state index contributed by atoms with van der Waals surface area (Å²) in [6.45, 7) is 1.71. The molecular weight excluding hydrogens is 362 g/mol. The van der Waals surface area contributed by atoms with Crippen molar-refractivity contribution in [3.63, 3.8) is 0 Å². The van der Waals surface area contributed by atoms with Crippen LogP contribution in [0.15, 0.2) is 22.7 Å². The van der Waals surface area contributed by atoms with Gasteiger partial charge in [0, 0.05) is 16.6 Å². The fourth-order valence-corrected chi connectivity index (χ4v) is 3.89. The van der Waals surface area contributed by atoms with Crippen LogP contribution >= 0.6 is 15.9 Å². The molecule has 1 atom stereocenters. The van der Waals surface area contributed by atoms with E-state index in [-0.39, 0.29) is 12.3 Å². The molecule has 2 rings (SSSR count). The van der Waals surface area contributed by atoms with Crippen molar-refractivity contribution in [2.45, 2.75) is 13.0 Å². The lowest BCUT2D eigenvalue weighted by Gasteiger charge is -2.32. The van der Waals surface area contributed by atoms with Gasteiger partial charge in [-0.05, 0) is 30.7 Å². The van der Waals surface area contributed by atoms with Crippen LogP contribution in [0, 0.1) is 6.92 Å². The molecule has 8 heteroatoms. The van der Waals surface area contributed by atoms with Gasteiger partial charge in [-0.1, -0.05) is 15.9 Å². The van der Waals surface area contributed by atoms with E-state index in [0.29, 0.717) is 5.56 Å². The van der Waals surface area contributed by atoms with E-state index in [9.17, 15) is 18.0 Å². The van der Waals surface area contributed by atoms with Gasteiger partial charge in [0.2, 0.25) is 0 Å². The van der Waals surface area contributed by atoms with Crippen molar-refractivity contribution >= 4 is 37.6 Å². The smallest absolute Gasteiger partial charge is 0.327 e. The lowest BCUT2D eigenvalue weighted by atomic mass is 10.1. The van der Waals surface area contributed by atoms with Gasteiger partial charge in [0.05, 0.1) is 11.5 Å². The van der Waals surface area contributed by atoms with Crippen LogP contribution in [-0.2, 0) is 14.6 Å². The zero-order valence-corrected chi connectivity index (χ0v) is 13.6. The van der Waals surface area contributed by atoms with Crippen molar-refractivity contribution < 1.29 is 23.1 Å². The summed E-state index contributed by atoms with van der Waals surface area (Å²) in [6, 6.07) is 3.61. The molecule has 0 bridgehead atoms. The first-order valence-electron chi connectivity index (χ1n) is 6.21. The average molecular weight is 376 g/mol. The number of aliphatic carboxylic acids is 1. The highest BCUT2D eigenvalue weighted by molar-refractivity contribution is 9.10. The topological polar surface area (TPSA) is 91.8 Å². The van der Waals surface area contributed by atoms with Crippen molar-refractivity contribution in [1.82, 2.24) is 4.90 Å². The molecule has 1 aromatic carbocycles. The van der Waals surface area contributed by atoms with E-state index in [1.54, 1.807) is 18.2 Å². The predicted octanol–water partition coefficient (Wildman–Crippen LogP) is 1.08. The Balaban J connectivity index is 2.32. The fraction of sp³-hybridized carbons (Fsp3) is 0.385. The van der Waals surface area contributed by atoms with Crippen molar-refractivity contribution in [3.8, 4) is 0 Å². The van der Waals surface area contributed by atoms with E-state index in [0.717, 1.165) is 14.9 Å². The molecular formula is C13H14BrNO5S. The minimum absolute atomic E-state index is 0.104. The fourth-order valence-electron chi connectivity index (χ4n) is 2.20. The Morgan fingerprint density at radius 1 is 1.38 bits per heavy atom. The summed E-state index contributed by atoms with van der Waals surface area (Å²) in [4.78, 5) is 24.8. The van der Waals surface area contributed by atoms with E-state index in [4.69, 9.17) is 5.11 Å². The molecule has 0 spiro atoms. The van der Waals surface area contributed by atoms with Crippen LogP contribution in [-0.4, -0.2) is 54.4 Å². The van der Waals surface area contributed by atoms with Crippen LogP contribution in [0.5, 0.6) is 0 Å². The maximum atomic E-state index is 12.4. The standard InChI is InChI=1S/C13H14BrNO5S/c1-8-6-9(2-3-10(8)14)12(16)15-4-5-21(19,20)7-11(15)13(17)18/h2-3,6,11H,4-5,7H2,1H3,(H,17,18). The molecule has 1 amide bonds. The van der Waals surface area contributed by atoms with E-state index in [1.807, 2.05) is 6.92 Å². The van der Waals surface area contributed by atoms with Gasteiger partial charge in [-0.25, -0.2) is 13.2 Å². The number of benzene rings is 1. The number of aryl methyl sites for hydroxylation is 1. The SMILES string of the molecule is Cc1cc(C(=O)N2CCS(=O)(=O)CC2C(=O)O)ccc1Br. The second kappa shape index (κ2) is 5.76. The molecule has 0 aromatic heterocycles. The number of amides is 1. The molecule has 1 heterocycles. The normalized spacial score (nSPS) is 21.0. The highest BCUT2D eigenvalue weighted by atomic mass is 79.9. The second-order valence-corrected chi connectivity index (χ2v) is 8.01. The number of carboxylic acids is 1. The number of carbonyl (C=O) groups excluding carboxylic acids is 1. The summed E-state index contributed by atoms with van der Waals surface area (Å²) >= 11 is 3.33. The molecule has 21 heavy (non-hydrogen) atoms. The molecule has 0 aliphatic carbocycles. The highest BCUT2D eigenvalue weighted by Gasteiger charge is 2.38. The van der Waals surface area contributed by atoms with Crippen LogP contribution < -0.4 is 0 Å². The monoisotopic (exact) mass is 375 g/mol. The molecule has 0 saturated carbocycles. The number of halogens is 1. The first-order valence-corrected chi connectivity index (χ1v) is 8.83. The zero-order chi connectivity index (χ0) is 15.8. The number of hydrogen-bond acceptors (Lipinski definition) is 4. The van der Waals surface area contributed by atoms with Gasteiger partial charge in [-0.15, -0.1) is 0 Å². The van der Waals surface area contributed by atoms with Crippen molar-refractivity contribution in [2.24, 2.45) is 0 Å². The molecule has 1 aromatic rings. The minimum Gasteiger partial charge on any atom is -0.480 e. The molecule has 1 aliphatic heterocycles. The van der Waals surface area contributed by atoms with Crippen molar-refractivity contribution in [1.29, 1.82) is 0 Å². The largest absolute Gasteiger partial charge is 0.480 e. The number of carbonyl (C=O) groups is 2. The van der Waals surface area contributed by atoms with Crippen molar-refractivity contribution in [2.75, 3.05) is 18.1 Å². The first-order chi connectivity index (χ1) is 9.71. The van der Waals surface area contributed by atoms with Crippen LogP contribution in [0.1, 0.15) is 15.9 Å². The van der Waals surface area contributed by atoms with Crippen LogP contribution in [0.25, 0.3) is 0 Å². The van der Waals surface area contributed by atoms with E-state index in [1.165, 1.54) is 0 Å². The van der Waals surface area contributed by atoms with E-state index in [2.05, 4.69) is 15.9 Å². The number of nitrogens with zero attached hydrogens (tertiary/aromatic N) is 1. The van der Waals surface area contributed by atoms with Gasteiger partial charge >= 0.3 is 5.97 Å². The van der Waals surface area contributed by atoms with Crippen molar-refractivity contribution in [3.05, 3.63) is 33.8 Å². The summed E-state index contributed by atoms with van der Waals surface area (Å²) in [5.41, 5.74) is 1.19. The third-order valence-corrected chi connectivity index (χ3v) is 5.90. The number of rotatable bonds is 2. The quantitative estimate of drug-likeness (QED) is 0.834. The van der Waals surface area contributed by atoms with Gasteiger partial charge in [-0.3, -0.25) is 4.79 Å². The van der Waals surface area contributed by atoms with Gasteiger partial charge in [0.25, 0.3) is 5.91 Å². The Labute approximate surface area is 130 Å². The Morgan fingerprint density at radius 3 is 2.62 bits per heavy atom. The summed E-state index contributed by atoms with van der Waals surface area (Å²) in [7, 11) is -3.42.